The van der Waals surface area contributed by atoms with E-state index < -0.39 is 0 Å². The van der Waals surface area contributed by atoms with Crippen LogP contribution in [0, 0.1) is 6.92 Å². The molecule has 15 heavy (non-hydrogen) atoms. The van der Waals surface area contributed by atoms with E-state index in [0.717, 1.165) is 11.4 Å². The minimum absolute atomic E-state index is 0.0545. The van der Waals surface area contributed by atoms with Gasteiger partial charge < -0.3 is 14.7 Å². The molecule has 1 aromatic carbocycles. The van der Waals surface area contributed by atoms with Crippen LogP contribution in [0.3, 0.4) is 0 Å². The molecule has 1 aliphatic heterocycles. The lowest BCUT2D eigenvalue weighted by Gasteiger charge is -2.39. The summed E-state index contributed by atoms with van der Waals surface area (Å²) in [5, 5.41) is 9.22. The van der Waals surface area contributed by atoms with E-state index in [0.29, 0.717) is 0 Å². The van der Waals surface area contributed by atoms with Gasteiger partial charge in [-0.15, -0.1) is 0 Å². The molecule has 0 amide bonds. The predicted octanol–water partition coefficient (Wildman–Crippen LogP) is 1.57. The van der Waals surface area contributed by atoms with E-state index in [9.17, 15) is 5.11 Å². The lowest BCUT2D eigenvalue weighted by molar-refractivity contribution is 0.0889. The maximum absolute atomic E-state index is 9.22. The molecule has 0 fully saturated rings. The van der Waals surface area contributed by atoms with E-state index in [2.05, 4.69) is 24.0 Å². The average molecular weight is 207 g/mol. The van der Waals surface area contributed by atoms with E-state index in [1.54, 1.807) is 0 Å². The van der Waals surface area contributed by atoms with E-state index in [1.165, 1.54) is 5.56 Å². The summed E-state index contributed by atoms with van der Waals surface area (Å²) in [7, 11) is 2.03. The zero-order chi connectivity index (χ0) is 11.0. The molecule has 3 nitrogen and oxygen atoms in total. The summed E-state index contributed by atoms with van der Waals surface area (Å²) >= 11 is 0. The molecule has 1 heterocycles. The molecule has 0 radical (unpaired) electrons. The van der Waals surface area contributed by atoms with Crippen molar-refractivity contribution < 1.29 is 9.84 Å². The van der Waals surface area contributed by atoms with Gasteiger partial charge >= 0.3 is 0 Å². The first kappa shape index (κ1) is 10.3. The molecular weight excluding hydrogens is 190 g/mol. The largest absolute Gasteiger partial charge is 0.484 e. The van der Waals surface area contributed by atoms with E-state index in [1.807, 2.05) is 20.0 Å². The topological polar surface area (TPSA) is 32.7 Å². The van der Waals surface area contributed by atoms with Gasteiger partial charge in [0.25, 0.3) is 0 Å². The number of aliphatic hydroxyl groups is 1. The van der Waals surface area contributed by atoms with Crippen molar-refractivity contribution in [3.05, 3.63) is 23.8 Å². The van der Waals surface area contributed by atoms with Crippen molar-refractivity contribution in [3.8, 4) is 5.75 Å². The molecule has 1 aromatic rings. The second-order valence-corrected chi connectivity index (χ2v) is 4.16. The number of hydrogen-bond donors (Lipinski definition) is 1. The zero-order valence-electron chi connectivity index (χ0n) is 9.40. The van der Waals surface area contributed by atoms with Gasteiger partial charge in [0.1, 0.15) is 11.9 Å². The lowest BCUT2D eigenvalue weighted by atomic mass is 10.1. The highest BCUT2D eigenvalue weighted by Gasteiger charge is 2.29. The van der Waals surface area contributed by atoms with Crippen molar-refractivity contribution in [1.29, 1.82) is 0 Å². The van der Waals surface area contributed by atoms with Gasteiger partial charge in [-0.3, -0.25) is 0 Å². The Balaban J connectivity index is 2.40. The van der Waals surface area contributed by atoms with Crippen molar-refractivity contribution in [3.63, 3.8) is 0 Å². The molecule has 2 rings (SSSR count). The third kappa shape index (κ3) is 1.67. The van der Waals surface area contributed by atoms with Crippen LogP contribution >= 0.6 is 0 Å². The maximum atomic E-state index is 9.22. The summed E-state index contributed by atoms with van der Waals surface area (Å²) in [4.78, 5) is 2.15. The fraction of sp³-hybridized carbons (Fsp3) is 0.500. The number of anilines is 1. The third-order valence-electron chi connectivity index (χ3n) is 3.10. The van der Waals surface area contributed by atoms with Gasteiger partial charge in [0.15, 0.2) is 0 Å². The number of aliphatic hydroxyl groups excluding tert-OH is 1. The van der Waals surface area contributed by atoms with Gasteiger partial charge in [-0.2, -0.15) is 0 Å². The number of benzene rings is 1. The second kappa shape index (κ2) is 3.74. The summed E-state index contributed by atoms with van der Waals surface area (Å²) in [6.07, 6.45) is -0.135. The minimum atomic E-state index is -0.135. The number of hydrogen-bond acceptors (Lipinski definition) is 3. The summed E-state index contributed by atoms with van der Waals surface area (Å²) in [6.45, 7) is 4.15. The monoisotopic (exact) mass is 207 g/mol. The SMILES string of the molecule is Cc1ccc2c(c1)OC(CO)C(C)N2C. The molecule has 1 aliphatic rings. The molecule has 0 aromatic heterocycles. The van der Waals surface area contributed by atoms with Crippen molar-refractivity contribution in [2.45, 2.75) is 26.0 Å². The quantitative estimate of drug-likeness (QED) is 0.758. The molecule has 82 valence electrons. The van der Waals surface area contributed by atoms with Gasteiger partial charge in [0, 0.05) is 7.05 Å². The molecule has 0 saturated heterocycles. The van der Waals surface area contributed by atoms with Gasteiger partial charge in [0.05, 0.1) is 18.3 Å². The number of rotatable bonds is 1. The molecule has 0 aliphatic carbocycles. The summed E-state index contributed by atoms with van der Waals surface area (Å²) < 4.78 is 5.75. The van der Waals surface area contributed by atoms with Crippen molar-refractivity contribution in [1.82, 2.24) is 0 Å². The van der Waals surface area contributed by atoms with Crippen LogP contribution in [-0.4, -0.2) is 30.9 Å². The summed E-state index contributed by atoms with van der Waals surface area (Å²) in [6, 6.07) is 6.35. The predicted molar refractivity (Wildman–Crippen MR) is 60.5 cm³/mol. The Hall–Kier alpha value is -1.22. The summed E-state index contributed by atoms with van der Waals surface area (Å²) in [5.74, 6) is 0.870. The van der Waals surface area contributed by atoms with Gasteiger partial charge in [-0.25, -0.2) is 0 Å². The smallest absolute Gasteiger partial charge is 0.143 e. The number of nitrogens with zero attached hydrogens (tertiary/aromatic N) is 1. The fourth-order valence-electron chi connectivity index (χ4n) is 1.93. The van der Waals surface area contributed by atoms with E-state index >= 15 is 0 Å². The first-order valence-corrected chi connectivity index (χ1v) is 5.24. The van der Waals surface area contributed by atoms with Crippen molar-refractivity contribution in [2.24, 2.45) is 0 Å². The van der Waals surface area contributed by atoms with Crippen LogP contribution < -0.4 is 9.64 Å². The second-order valence-electron chi connectivity index (χ2n) is 4.16. The van der Waals surface area contributed by atoms with Crippen LogP contribution in [0.15, 0.2) is 18.2 Å². The number of ether oxygens (including phenoxy) is 1. The third-order valence-corrected chi connectivity index (χ3v) is 3.10. The van der Waals surface area contributed by atoms with Crippen molar-refractivity contribution >= 4 is 5.69 Å². The minimum Gasteiger partial charge on any atom is -0.484 e. The zero-order valence-corrected chi connectivity index (χ0v) is 9.40. The van der Waals surface area contributed by atoms with Crippen LogP contribution in [-0.2, 0) is 0 Å². The normalized spacial score (nSPS) is 24.7. The van der Waals surface area contributed by atoms with Crippen molar-refractivity contribution in [2.75, 3.05) is 18.6 Å². The fourth-order valence-corrected chi connectivity index (χ4v) is 1.93. The van der Waals surface area contributed by atoms with Gasteiger partial charge in [-0.05, 0) is 31.5 Å². The Morgan fingerprint density at radius 2 is 2.20 bits per heavy atom. The lowest BCUT2D eigenvalue weighted by Crippen LogP contribution is -2.47. The molecule has 2 unspecified atom stereocenters. The van der Waals surface area contributed by atoms with Crippen LogP contribution in [0.25, 0.3) is 0 Å². The highest BCUT2D eigenvalue weighted by Crippen LogP contribution is 2.35. The molecule has 1 N–H and O–H groups in total. The molecule has 0 bridgehead atoms. The van der Waals surface area contributed by atoms with Crippen LogP contribution in [0.4, 0.5) is 5.69 Å². The molecule has 0 saturated carbocycles. The molecular formula is C12H17NO2. The maximum Gasteiger partial charge on any atom is 0.143 e. The van der Waals surface area contributed by atoms with Crippen LogP contribution in [0.2, 0.25) is 0 Å². The number of fused-ring (bicyclic) bond motifs is 1. The number of likely N-dealkylation sites (N-methyl/N-ethyl adjacent to an activating group) is 1. The highest BCUT2D eigenvalue weighted by molar-refractivity contribution is 5.61. The standard InChI is InChI=1S/C12H17NO2/c1-8-4-5-10-11(6-8)15-12(7-14)9(2)13(10)3/h4-6,9,12,14H,7H2,1-3H3. The molecule has 0 spiro atoms. The average Bonchev–Trinajstić information content (AvgIpc) is 2.23. The molecule has 3 heteroatoms. The highest BCUT2D eigenvalue weighted by atomic mass is 16.5. The van der Waals surface area contributed by atoms with Gasteiger partial charge in [-0.1, -0.05) is 6.07 Å². The first-order valence-electron chi connectivity index (χ1n) is 5.24. The Bertz CT molecular complexity index is 365. The Morgan fingerprint density at radius 1 is 1.47 bits per heavy atom. The van der Waals surface area contributed by atoms with E-state index in [4.69, 9.17) is 4.74 Å². The van der Waals surface area contributed by atoms with Gasteiger partial charge in [0.2, 0.25) is 0 Å². The summed E-state index contributed by atoms with van der Waals surface area (Å²) in [5.41, 5.74) is 2.27. The Labute approximate surface area is 90.3 Å². The van der Waals surface area contributed by atoms with Crippen LogP contribution in [0.5, 0.6) is 5.75 Å². The first-order chi connectivity index (χ1) is 7.13. The van der Waals surface area contributed by atoms with Crippen LogP contribution in [0.1, 0.15) is 12.5 Å². The Morgan fingerprint density at radius 3 is 2.87 bits per heavy atom. The Kier molecular flexibility index (Phi) is 2.57. The molecule has 2 atom stereocenters. The van der Waals surface area contributed by atoms with E-state index in [-0.39, 0.29) is 18.8 Å². The number of aryl methyl sites for hydroxylation is 1.